The summed E-state index contributed by atoms with van der Waals surface area (Å²) in [6, 6.07) is 22.3. The van der Waals surface area contributed by atoms with Gasteiger partial charge < -0.3 is 5.32 Å². The van der Waals surface area contributed by atoms with Gasteiger partial charge in [0.25, 0.3) is 5.91 Å². The Balaban J connectivity index is 2.03. The first-order chi connectivity index (χ1) is 18.8. The molecule has 0 aliphatic heterocycles. The predicted octanol–water partition coefficient (Wildman–Crippen LogP) is 8.81. The van der Waals surface area contributed by atoms with E-state index >= 15 is 4.39 Å². The van der Waals surface area contributed by atoms with Crippen LogP contribution in [0.1, 0.15) is 50.7 Å². The molecule has 0 heterocycles. The lowest BCUT2D eigenvalue weighted by atomic mass is 9.76. The third-order valence-corrected chi connectivity index (χ3v) is 7.34. The van der Waals surface area contributed by atoms with Gasteiger partial charge in [-0.25, -0.2) is 4.39 Å². The van der Waals surface area contributed by atoms with Crippen LogP contribution >= 0.6 is 22.6 Å². The lowest BCUT2D eigenvalue weighted by Crippen LogP contribution is -2.49. The van der Waals surface area contributed by atoms with Crippen LogP contribution in [-0.2, 0) is 28.5 Å². The van der Waals surface area contributed by atoms with Crippen molar-refractivity contribution in [2.24, 2.45) is 0 Å². The van der Waals surface area contributed by atoms with Crippen LogP contribution in [0.3, 0.4) is 0 Å². The van der Waals surface area contributed by atoms with Crippen molar-refractivity contribution in [2.75, 3.05) is 0 Å². The minimum absolute atomic E-state index is 0.00263. The normalized spacial score (nSPS) is 13.5. The molecule has 0 aliphatic carbocycles. The molecule has 0 saturated carbocycles. The lowest BCUT2D eigenvalue weighted by molar-refractivity contribution is -0.137. The van der Waals surface area contributed by atoms with E-state index in [0.29, 0.717) is 17.5 Å². The maximum atomic E-state index is 15.0. The van der Waals surface area contributed by atoms with Crippen molar-refractivity contribution in [3.05, 3.63) is 142 Å². The molecule has 0 bridgehead atoms. The summed E-state index contributed by atoms with van der Waals surface area (Å²) in [6.45, 7) is 1.74. The fourth-order valence-electron chi connectivity index (χ4n) is 4.76. The zero-order valence-electron chi connectivity index (χ0n) is 21.2. The first kappa shape index (κ1) is 29.6. The van der Waals surface area contributed by atoms with Crippen LogP contribution < -0.4 is 5.32 Å². The molecule has 1 amide bonds. The van der Waals surface area contributed by atoms with Crippen LogP contribution in [0.4, 0.5) is 26.3 Å². The summed E-state index contributed by atoms with van der Waals surface area (Å²) < 4.78 is 82.2. The molecule has 0 spiro atoms. The van der Waals surface area contributed by atoms with Crippen LogP contribution in [0.5, 0.6) is 0 Å². The third kappa shape index (κ3) is 6.35. The van der Waals surface area contributed by atoms with Crippen molar-refractivity contribution in [1.29, 1.82) is 0 Å². The highest BCUT2D eigenvalue weighted by atomic mass is 127. The van der Waals surface area contributed by atoms with Gasteiger partial charge in [0.05, 0.1) is 16.7 Å². The maximum absolute atomic E-state index is 15.0. The second-order valence-corrected chi connectivity index (χ2v) is 10.7. The highest BCUT2D eigenvalue weighted by molar-refractivity contribution is 14.1. The summed E-state index contributed by atoms with van der Waals surface area (Å²) in [5, 5.41) is 2.81. The van der Waals surface area contributed by atoms with Gasteiger partial charge in [-0.15, -0.1) is 0 Å². The largest absolute Gasteiger partial charge is 0.416 e. The molecule has 4 aromatic rings. The summed E-state index contributed by atoms with van der Waals surface area (Å²) in [5.74, 6) is -1.68. The molecule has 1 N–H and O–H groups in total. The Morgan fingerprint density at radius 2 is 1.30 bits per heavy atom. The highest BCUT2D eigenvalue weighted by Gasteiger charge is 2.41. The van der Waals surface area contributed by atoms with Crippen molar-refractivity contribution in [2.45, 2.75) is 35.4 Å². The molecule has 208 valence electrons. The lowest BCUT2D eigenvalue weighted by Gasteiger charge is -2.37. The van der Waals surface area contributed by atoms with E-state index in [-0.39, 0.29) is 23.1 Å². The summed E-state index contributed by atoms with van der Waals surface area (Å²) in [4.78, 5) is 13.8. The van der Waals surface area contributed by atoms with Gasteiger partial charge in [-0.1, -0.05) is 79.7 Å². The molecule has 0 fully saturated rings. The van der Waals surface area contributed by atoms with E-state index in [0.717, 1.165) is 46.9 Å². The van der Waals surface area contributed by atoms with Crippen molar-refractivity contribution in [3.8, 4) is 0 Å². The second kappa shape index (κ2) is 11.6. The molecule has 9 heteroatoms. The number of halogens is 7. The average Bonchev–Trinajstić information content (AvgIpc) is 2.92. The fourth-order valence-corrected chi connectivity index (χ4v) is 5.09. The molecule has 4 rings (SSSR count). The first-order valence-corrected chi connectivity index (χ1v) is 13.4. The number of hydrogen-bond donors (Lipinski definition) is 1. The van der Waals surface area contributed by atoms with Crippen molar-refractivity contribution in [3.63, 3.8) is 0 Å². The van der Waals surface area contributed by atoms with E-state index in [2.05, 4.69) is 5.32 Å². The number of benzene rings is 4. The van der Waals surface area contributed by atoms with Crippen LogP contribution in [0, 0.1) is 5.82 Å². The van der Waals surface area contributed by atoms with Gasteiger partial charge in [-0.05, 0) is 52.9 Å². The molecule has 4 aromatic carbocycles. The zero-order chi connectivity index (χ0) is 29.1. The molecule has 2 nitrogen and oxygen atoms in total. The topological polar surface area (TPSA) is 29.1 Å². The molecule has 1 unspecified atom stereocenters. The van der Waals surface area contributed by atoms with E-state index < -0.39 is 38.5 Å². The average molecular weight is 667 g/mol. The molecular formula is C31H24F6INO. The number of carbonyl (C=O) groups excluding carboxylic acids is 1. The molecule has 0 aliphatic rings. The van der Waals surface area contributed by atoms with Gasteiger partial charge in [0.1, 0.15) is 5.82 Å². The monoisotopic (exact) mass is 667 g/mol. The van der Waals surface area contributed by atoms with Crippen molar-refractivity contribution in [1.82, 2.24) is 5.32 Å². The van der Waals surface area contributed by atoms with Crippen LogP contribution in [0.25, 0.3) is 0 Å². The summed E-state index contributed by atoms with van der Waals surface area (Å²) in [7, 11) is 0. The predicted molar refractivity (Wildman–Crippen MR) is 150 cm³/mol. The Morgan fingerprint density at radius 1 is 0.750 bits per heavy atom. The maximum Gasteiger partial charge on any atom is 0.416 e. The van der Waals surface area contributed by atoms with Crippen LogP contribution in [-0.4, -0.2) is 5.91 Å². The number of amides is 1. The second-order valence-electron chi connectivity index (χ2n) is 9.31. The van der Waals surface area contributed by atoms with Gasteiger partial charge in [0.2, 0.25) is 0 Å². The number of rotatable bonds is 8. The van der Waals surface area contributed by atoms with E-state index in [1.54, 1.807) is 43.3 Å². The number of nitrogens with one attached hydrogen (secondary N) is 1. The van der Waals surface area contributed by atoms with Gasteiger partial charge in [-0.3, -0.25) is 4.79 Å². The molecule has 0 radical (unpaired) electrons. The number of alkyl halides is 6. The minimum atomic E-state index is -4.71. The molecule has 40 heavy (non-hydrogen) atoms. The van der Waals surface area contributed by atoms with Crippen LogP contribution in [0.15, 0.2) is 97.1 Å². The SMILES string of the molecule is CCc1cccc(F)c1C(=O)NC(Cc1ccccc1)(c1cccc(C(F)(F)F)c1)c1cccc(C(F)(F)I)c1. The number of carbonyl (C=O) groups is 1. The molecular weight excluding hydrogens is 643 g/mol. The van der Waals surface area contributed by atoms with E-state index in [1.165, 1.54) is 36.4 Å². The fraction of sp³-hybridized carbons (Fsp3) is 0.194. The summed E-state index contributed by atoms with van der Waals surface area (Å²) in [6.07, 6.45) is -4.50. The Hall–Kier alpha value is -3.34. The molecule has 0 aromatic heterocycles. The van der Waals surface area contributed by atoms with Gasteiger partial charge in [-0.2, -0.15) is 22.0 Å². The van der Waals surface area contributed by atoms with E-state index in [1.807, 2.05) is 0 Å². The van der Waals surface area contributed by atoms with E-state index in [4.69, 9.17) is 0 Å². The number of hydrogen-bond acceptors (Lipinski definition) is 1. The quantitative estimate of drug-likeness (QED) is 0.114. The Kier molecular flexibility index (Phi) is 8.63. The summed E-state index contributed by atoms with van der Waals surface area (Å²) in [5.41, 5.74) is -2.31. The van der Waals surface area contributed by atoms with E-state index in [9.17, 15) is 26.7 Å². The minimum Gasteiger partial charge on any atom is -0.338 e. The smallest absolute Gasteiger partial charge is 0.338 e. The Morgan fingerprint density at radius 3 is 1.88 bits per heavy atom. The van der Waals surface area contributed by atoms with Crippen molar-refractivity contribution < 1.29 is 31.1 Å². The highest BCUT2D eigenvalue weighted by Crippen LogP contribution is 2.41. The standard InChI is InChI=1S/C31H24F6INO/c1-2-21-11-6-16-26(32)27(21)28(40)39-29(19-20-9-4-3-5-10-20,22-12-7-14-24(17-22)30(33,34)35)23-13-8-15-25(18-23)31(36,37)38/h3-18H,2,19H2,1H3,(H,39,40). The molecule has 1 atom stereocenters. The Bertz CT molecular complexity index is 1440. The van der Waals surface area contributed by atoms with Gasteiger partial charge in [0.15, 0.2) is 0 Å². The zero-order valence-corrected chi connectivity index (χ0v) is 23.4. The Labute approximate surface area is 241 Å². The number of aryl methyl sites for hydroxylation is 1. The van der Waals surface area contributed by atoms with Crippen LogP contribution in [0.2, 0.25) is 0 Å². The first-order valence-electron chi connectivity index (χ1n) is 12.3. The van der Waals surface area contributed by atoms with Gasteiger partial charge >= 0.3 is 10.1 Å². The van der Waals surface area contributed by atoms with Gasteiger partial charge in [0, 0.05) is 34.6 Å². The molecule has 0 saturated heterocycles. The third-order valence-electron chi connectivity index (χ3n) is 6.71. The summed E-state index contributed by atoms with van der Waals surface area (Å²) >= 11 is 0.971. The van der Waals surface area contributed by atoms with Crippen molar-refractivity contribution >= 4 is 28.5 Å².